The van der Waals surface area contributed by atoms with Crippen LogP contribution < -0.4 is 0 Å². The van der Waals surface area contributed by atoms with Crippen LogP contribution in [0.4, 0.5) is 0 Å². The van der Waals surface area contributed by atoms with Gasteiger partial charge in [-0.15, -0.1) is 11.3 Å². The van der Waals surface area contributed by atoms with Crippen LogP contribution in [-0.2, 0) is 16.1 Å². The Labute approximate surface area is 130 Å². The summed E-state index contributed by atoms with van der Waals surface area (Å²) < 4.78 is 6.08. The van der Waals surface area contributed by atoms with Gasteiger partial charge in [0.25, 0.3) is 5.91 Å². The largest absolute Gasteiger partial charge is 0.363 e. The Morgan fingerprint density at radius 1 is 1.38 bits per heavy atom. The van der Waals surface area contributed by atoms with Crippen molar-refractivity contribution in [1.29, 1.82) is 0 Å². The third-order valence-corrected chi connectivity index (χ3v) is 5.52. The molecular weight excluding hydrogens is 284 g/mol. The average molecular weight is 308 g/mol. The minimum absolute atomic E-state index is 0.112. The number of amides is 1. The van der Waals surface area contributed by atoms with E-state index >= 15 is 0 Å². The maximum Gasteiger partial charge on any atom is 0.251 e. The summed E-state index contributed by atoms with van der Waals surface area (Å²) in [4.78, 5) is 19.0. The van der Waals surface area contributed by atoms with E-state index in [1.165, 1.54) is 9.75 Å². The van der Waals surface area contributed by atoms with Crippen molar-refractivity contribution in [2.24, 2.45) is 0 Å². The van der Waals surface area contributed by atoms with E-state index in [0.717, 1.165) is 32.4 Å². The van der Waals surface area contributed by atoms with Crippen LogP contribution in [-0.4, -0.2) is 54.6 Å². The molecule has 1 aromatic rings. The predicted molar refractivity (Wildman–Crippen MR) is 84.5 cm³/mol. The molecule has 1 aromatic heterocycles. The summed E-state index contributed by atoms with van der Waals surface area (Å²) in [5, 5.41) is 0. The summed E-state index contributed by atoms with van der Waals surface area (Å²) in [5.41, 5.74) is 0. The van der Waals surface area contributed by atoms with E-state index in [2.05, 4.69) is 24.0 Å². The monoisotopic (exact) mass is 308 g/mol. The quantitative estimate of drug-likeness (QED) is 0.859. The second-order valence-electron chi connectivity index (χ2n) is 6.31. The first-order valence-electron chi connectivity index (χ1n) is 7.70. The molecule has 2 saturated heterocycles. The van der Waals surface area contributed by atoms with Crippen molar-refractivity contribution in [2.45, 2.75) is 51.0 Å². The zero-order chi connectivity index (χ0) is 15.0. The zero-order valence-corrected chi connectivity index (χ0v) is 13.9. The second-order valence-corrected chi connectivity index (χ2v) is 7.68. The lowest BCUT2D eigenvalue weighted by molar-refractivity contribution is -0.152. The molecular formula is C16H24N2O2S. The highest BCUT2D eigenvalue weighted by molar-refractivity contribution is 7.11. The third-order valence-electron chi connectivity index (χ3n) is 4.53. The maximum atomic E-state index is 12.1. The normalized spacial score (nSPS) is 29.4. The van der Waals surface area contributed by atoms with E-state index in [9.17, 15) is 4.79 Å². The van der Waals surface area contributed by atoms with Gasteiger partial charge in [-0.25, -0.2) is 0 Å². The van der Waals surface area contributed by atoms with E-state index in [1.807, 2.05) is 11.3 Å². The van der Waals surface area contributed by atoms with Crippen LogP contribution >= 0.6 is 11.3 Å². The van der Waals surface area contributed by atoms with Crippen molar-refractivity contribution < 1.29 is 9.53 Å². The Kier molecular flexibility index (Phi) is 4.33. The molecule has 116 valence electrons. The molecule has 21 heavy (non-hydrogen) atoms. The summed E-state index contributed by atoms with van der Waals surface area (Å²) in [7, 11) is 3.61. The molecule has 0 saturated carbocycles. The number of ether oxygens (including phenoxy) is 1. The maximum absolute atomic E-state index is 12.1. The van der Waals surface area contributed by atoms with Gasteiger partial charge >= 0.3 is 0 Å². The molecule has 3 heterocycles. The molecule has 3 rings (SSSR count). The number of rotatable bonds is 3. The van der Waals surface area contributed by atoms with Gasteiger partial charge in [-0.3, -0.25) is 9.69 Å². The fraction of sp³-hybridized carbons (Fsp3) is 0.688. The fourth-order valence-corrected chi connectivity index (χ4v) is 4.37. The Morgan fingerprint density at radius 3 is 2.86 bits per heavy atom. The Balaban J connectivity index is 1.60. The first kappa shape index (κ1) is 15.0. The third kappa shape index (κ3) is 3.15. The number of aryl methyl sites for hydroxylation is 1. The number of likely N-dealkylation sites (tertiary alicyclic amines) is 1. The van der Waals surface area contributed by atoms with Crippen LogP contribution in [0.5, 0.6) is 0 Å². The van der Waals surface area contributed by atoms with Crippen LogP contribution in [0.15, 0.2) is 12.1 Å². The van der Waals surface area contributed by atoms with Crippen molar-refractivity contribution in [3.05, 3.63) is 21.9 Å². The van der Waals surface area contributed by atoms with Crippen molar-refractivity contribution in [2.75, 3.05) is 20.6 Å². The molecule has 2 aliphatic rings. The first-order chi connectivity index (χ1) is 10.0. The SMILES string of the molecule is Cc1ccc(CN2CC[C@H]3O[C@@H](C(=O)N(C)C)CC[C@H]32)s1. The fourth-order valence-electron chi connectivity index (χ4n) is 3.45. The molecule has 2 fully saturated rings. The molecule has 3 atom stereocenters. The molecule has 1 amide bonds. The van der Waals surface area contributed by atoms with Gasteiger partial charge in [-0.05, 0) is 38.3 Å². The van der Waals surface area contributed by atoms with Crippen LogP contribution in [0.1, 0.15) is 29.0 Å². The van der Waals surface area contributed by atoms with E-state index in [0.29, 0.717) is 6.04 Å². The summed E-state index contributed by atoms with van der Waals surface area (Å²) in [6.07, 6.45) is 2.96. The van der Waals surface area contributed by atoms with Gasteiger partial charge < -0.3 is 9.64 Å². The van der Waals surface area contributed by atoms with Gasteiger partial charge in [0.2, 0.25) is 0 Å². The number of hydrogen-bond acceptors (Lipinski definition) is 4. The van der Waals surface area contributed by atoms with Crippen molar-refractivity contribution in [3.8, 4) is 0 Å². The minimum Gasteiger partial charge on any atom is -0.363 e. The molecule has 0 aliphatic carbocycles. The van der Waals surface area contributed by atoms with E-state index in [1.54, 1.807) is 19.0 Å². The summed E-state index contributed by atoms with van der Waals surface area (Å²) >= 11 is 1.88. The van der Waals surface area contributed by atoms with Gasteiger partial charge in [0.15, 0.2) is 0 Å². The number of carbonyl (C=O) groups excluding carboxylic acids is 1. The van der Waals surface area contributed by atoms with E-state index in [4.69, 9.17) is 4.74 Å². The van der Waals surface area contributed by atoms with Crippen molar-refractivity contribution >= 4 is 17.2 Å². The van der Waals surface area contributed by atoms with Gasteiger partial charge in [0, 0.05) is 43.0 Å². The smallest absolute Gasteiger partial charge is 0.251 e. The molecule has 0 radical (unpaired) electrons. The van der Waals surface area contributed by atoms with Crippen LogP contribution in [0.3, 0.4) is 0 Å². The lowest BCUT2D eigenvalue weighted by Crippen LogP contribution is -2.47. The molecule has 5 heteroatoms. The highest BCUT2D eigenvalue weighted by Gasteiger charge is 2.41. The number of fused-ring (bicyclic) bond motifs is 1. The minimum atomic E-state index is -0.231. The lowest BCUT2D eigenvalue weighted by Gasteiger charge is -2.36. The molecule has 0 aromatic carbocycles. The predicted octanol–water partition coefficient (Wildman–Crippen LogP) is 2.27. The molecule has 0 unspecified atom stereocenters. The summed E-state index contributed by atoms with van der Waals surface area (Å²) in [6.45, 7) is 4.26. The van der Waals surface area contributed by atoms with Crippen LogP contribution in [0, 0.1) is 6.92 Å². The zero-order valence-electron chi connectivity index (χ0n) is 13.0. The van der Waals surface area contributed by atoms with Crippen molar-refractivity contribution in [1.82, 2.24) is 9.80 Å². The average Bonchev–Trinajstić information content (AvgIpc) is 3.05. The van der Waals surface area contributed by atoms with Gasteiger partial charge in [-0.2, -0.15) is 0 Å². The molecule has 4 nitrogen and oxygen atoms in total. The van der Waals surface area contributed by atoms with Gasteiger partial charge in [-0.1, -0.05) is 0 Å². The molecule has 2 aliphatic heterocycles. The lowest BCUT2D eigenvalue weighted by atomic mass is 9.98. The highest BCUT2D eigenvalue weighted by Crippen LogP contribution is 2.33. The number of thiophene rings is 1. The number of nitrogens with zero attached hydrogens (tertiary/aromatic N) is 2. The molecule has 0 N–H and O–H groups in total. The second kappa shape index (κ2) is 6.07. The number of carbonyl (C=O) groups is 1. The Bertz CT molecular complexity index is 514. The van der Waals surface area contributed by atoms with Gasteiger partial charge in [0.1, 0.15) is 6.10 Å². The summed E-state index contributed by atoms with van der Waals surface area (Å²) in [6, 6.07) is 4.91. The van der Waals surface area contributed by atoms with Gasteiger partial charge in [0.05, 0.1) is 6.10 Å². The first-order valence-corrected chi connectivity index (χ1v) is 8.52. The van der Waals surface area contributed by atoms with Crippen LogP contribution in [0.2, 0.25) is 0 Å². The number of hydrogen-bond donors (Lipinski definition) is 0. The topological polar surface area (TPSA) is 32.8 Å². The highest BCUT2D eigenvalue weighted by atomic mass is 32.1. The van der Waals surface area contributed by atoms with Crippen LogP contribution in [0.25, 0.3) is 0 Å². The van der Waals surface area contributed by atoms with E-state index < -0.39 is 0 Å². The summed E-state index contributed by atoms with van der Waals surface area (Å²) in [5.74, 6) is 0.112. The molecule has 0 bridgehead atoms. The Morgan fingerprint density at radius 2 is 2.19 bits per heavy atom. The van der Waals surface area contributed by atoms with Crippen molar-refractivity contribution in [3.63, 3.8) is 0 Å². The number of likely N-dealkylation sites (N-methyl/N-ethyl adjacent to an activating group) is 1. The Hall–Kier alpha value is -0.910. The standard InChI is InChI=1S/C16H24N2O2S/c1-11-4-5-12(21-11)10-18-9-8-14-13(18)6-7-15(20-14)16(19)17(2)3/h4-5,13-15H,6-10H2,1-3H3/t13-,14-,15-/m1/s1. The van der Waals surface area contributed by atoms with E-state index in [-0.39, 0.29) is 18.1 Å². The molecule has 0 spiro atoms.